The van der Waals surface area contributed by atoms with Crippen LogP contribution >= 0.6 is 0 Å². The Morgan fingerprint density at radius 2 is 0.750 bits per heavy atom. The third-order valence-electron chi connectivity index (χ3n) is 11.4. The number of nitrogens with zero attached hydrogens (tertiary/aromatic N) is 2. The minimum Gasteiger partial charge on any atom is -0.457 e. The molecule has 2 aliphatic rings. The Bertz CT molecular complexity index is 2830. The van der Waals surface area contributed by atoms with Crippen LogP contribution in [-0.2, 0) is 5.41 Å². The van der Waals surface area contributed by atoms with E-state index in [0.29, 0.717) is 5.82 Å². The summed E-state index contributed by atoms with van der Waals surface area (Å²) in [6, 6.07) is 73.0. The Morgan fingerprint density at radius 1 is 0.304 bits per heavy atom. The Hall–Kier alpha value is -7.36. The summed E-state index contributed by atoms with van der Waals surface area (Å²) in [6.45, 7) is 0. The van der Waals surface area contributed by atoms with E-state index in [0.717, 1.165) is 67.4 Å². The summed E-state index contributed by atoms with van der Waals surface area (Å²) in [6.07, 6.45) is 0. The molecule has 3 nitrogen and oxygen atoms in total. The summed E-state index contributed by atoms with van der Waals surface area (Å²) in [5.41, 5.74) is 16.4. The fourth-order valence-corrected chi connectivity index (χ4v) is 8.90. The smallest absolute Gasteiger partial charge is 0.160 e. The molecule has 56 heavy (non-hydrogen) atoms. The maximum Gasteiger partial charge on any atom is 0.160 e. The first-order valence-electron chi connectivity index (χ1n) is 19.1. The van der Waals surface area contributed by atoms with Crippen molar-refractivity contribution in [3.05, 3.63) is 229 Å². The van der Waals surface area contributed by atoms with Gasteiger partial charge in [-0.2, -0.15) is 0 Å². The first kappa shape index (κ1) is 32.1. The topological polar surface area (TPSA) is 35.0 Å². The van der Waals surface area contributed by atoms with E-state index in [1.807, 2.05) is 36.4 Å². The van der Waals surface area contributed by atoms with Crippen molar-refractivity contribution in [3.8, 4) is 78.8 Å². The molecule has 8 aromatic carbocycles. The van der Waals surface area contributed by atoms with E-state index in [4.69, 9.17) is 14.7 Å². The molecule has 0 atom stereocenters. The Kier molecular flexibility index (Phi) is 7.39. The highest BCUT2D eigenvalue weighted by molar-refractivity contribution is 5.90. The molecule has 1 aliphatic carbocycles. The molecule has 262 valence electrons. The SMILES string of the molecule is c1ccc(-c2cc(-c3ccc(-c4ccccc4-c4ccc5c(c4)Oc4ccccc4C54c5ccccc5-c5ccccc54)cc3)nc(-c3ccccc3)n2)cc1. The van der Waals surface area contributed by atoms with Gasteiger partial charge >= 0.3 is 0 Å². The Morgan fingerprint density at radius 3 is 1.39 bits per heavy atom. The largest absolute Gasteiger partial charge is 0.457 e. The highest BCUT2D eigenvalue weighted by Crippen LogP contribution is 2.62. The second-order valence-corrected chi connectivity index (χ2v) is 14.5. The van der Waals surface area contributed by atoms with Gasteiger partial charge in [0.1, 0.15) is 11.5 Å². The van der Waals surface area contributed by atoms with Gasteiger partial charge in [0.25, 0.3) is 0 Å². The highest BCUT2D eigenvalue weighted by atomic mass is 16.5. The fraction of sp³-hybridized carbons (Fsp3) is 0.0189. The molecule has 1 spiro atoms. The molecule has 1 aliphatic heterocycles. The van der Waals surface area contributed by atoms with Gasteiger partial charge in [0.05, 0.1) is 16.8 Å². The van der Waals surface area contributed by atoms with Crippen LogP contribution in [0, 0.1) is 0 Å². The lowest BCUT2D eigenvalue weighted by molar-refractivity contribution is 0.436. The quantitative estimate of drug-likeness (QED) is 0.178. The van der Waals surface area contributed by atoms with Gasteiger partial charge < -0.3 is 4.74 Å². The molecule has 0 radical (unpaired) electrons. The average molecular weight is 715 g/mol. The number of benzene rings is 8. The van der Waals surface area contributed by atoms with E-state index in [-0.39, 0.29) is 0 Å². The van der Waals surface area contributed by atoms with Crippen LogP contribution in [-0.4, -0.2) is 9.97 Å². The summed E-state index contributed by atoms with van der Waals surface area (Å²) in [5.74, 6) is 2.48. The van der Waals surface area contributed by atoms with E-state index in [1.165, 1.54) is 27.8 Å². The summed E-state index contributed by atoms with van der Waals surface area (Å²) in [7, 11) is 0. The number of aromatic nitrogens is 2. The van der Waals surface area contributed by atoms with Gasteiger partial charge in [-0.05, 0) is 62.7 Å². The van der Waals surface area contributed by atoms with Gasteiger partial charge in [0.15, 0.2) is 5.82 Å². The molecule has 0 unspecified atom stereocenters. The van der Waals surface area contributed by atoms with Crippen molar-refractivity contribution in [1.29, 1.82) is 0 Å². The second kappa shape index (κ2) is 12.9. The first-order valence-corrected chi connectivity index (χ1v) is 19.1. The monoisotopic (exact) mass is 714 g/mol. The van der Waals surface area contributed by atoms with E-state index >= 15 is 0 Å². The van der Waals surface area contributed by atoms with Gasteiger partial charge in [-0.15, -0.1) is 0 Å². The standard InChI is InChI=1S/C53H34N2O/c1-3-15-36(16-4-1)48-34-49(55-52(54-48)38-17-5-2-6-18-38)37-29-27-35(28-30-37)40-19-7-8-20-41(40)39-31-32-47-51(33-39)56-50-26-14-13-25-46(50)53(47)44-23-11-9-21-42(44)43-22-10-12-24-45(43)53/h1-34H. The van der Waals surface area contributed by atoms with E-state index in [1.54, 1.807) is 0 Å². The first-order chi connectivity index (χ1) is 27.8. The summed E-state index contributed by atoms with van der Waals surface area (Å²) in [5, 5.41) is 0. The van der Waals surface area contributed by atoms with Crippen molar-refractivity contribution in [3.63, 3.8) is 0 Å². The van der Waals surface area contributed by atoms with Crippen LogP contribution in [0.2, 0.25) is 0 Å². The number of hydrogen-bond acceptors (Lipinski definition) is 3. The van der Waals surface area contributed by atoms with Crippen LogP contribution in [0.1, 0.15) is 22.3 Å². The third kappa shape index (κ3) is 4.98. The zero-order chi connectivity index (χ0) is 37.1. The van der Waals surface area contributed by atoms with Crippen molar-refractivity contribution < 1.29 is 4.74 Å². The average Bonchev–Trinajstić information content (AvgIpc) is 3.57. The van der Waals surface area contributed by atoms with Gasteiger partial charge in [0, 0.05) is 27.8 Å². The van der Waals surface area contributed by atoms with E-state index < -0.39 is 5.41 Å². The molecule has 0 amide bonds. The van der Waals surface area contributed by atoms with Crippen molar-refractivity contribution >= 4 is 0 Å². The molecule has 0 N–H and O–H groups in total. The van der Waals surface area contributed by atoms with Gasteiger partial charge in [0.2, 0.25) is 0 Å². The molecule has 9 aromatic rings. The maximum atomic E-state index is 6.84. The van der Waals surface area contributed by atoms with Crippen molar-refractivity contribution in [1.82, 2.24) is 9.97 Å². The Labute approximate surface area is 326 Å². The van der Waals surface area contributed by atoms with Gasteiger partial charge in [-0.1, -0.05) is 188 Å². The highest BCUT2D eigenvalue weighted by Gasteiger charge is 2.50. The lowest BCUT2D eigenvalue weighted by Gasteiger charge is -2.39. The number of hydrogen-bond donors (Lipinski definition) is 0. The van der Waals surface area contributed by atoms with Gasteiger partial charge in [-0.3, -0.25) is 0 Å². The summed E-state index contributed by atoms with van der Waals surface area (Å²) >= 11 is 0. The number of rotatable bonds is 5. The van der Waals surface area contributed by atoms with Crippen LogP contribution in [0.4, 0.5) is 0 Å². The summed E-state index contributed by atoms with van der Waals surface area (Å²) < 4.78 is 6.84. The van der Waals surface area contributed by atoms with E-state index in [9.17, 15) is 0 Å². The number of para-hydroxylation sites is 1. The van der Waals surface area contributed by atoms with Gasteiger partial charge in [-0.25, -0.2) is 9.97 Å². The summed E-state index contributed by atoms with van der Waals surface area (Å²) in [4.78, 5) is 10.0. The fourth-order valence-electron chi connectivity index (χ4n) is 8.90. The molecule has 1 aromatic heterocycles. The molecule has 3 heteroatoms. The van der Waals surface area contributed by atoms with Crippen LogP contribution in [0.3, 0.4) is 0 Å². The minimum atomic E-state index is -0.479. The maximum absolute atomic E-state index is 6.84. The third-order valence-corrected chi connectivity index (χ3v) is 11.4. The number of fused-ring (bicyclic) bond motifs is 9. The normalized spacial score (nSPS) is 12.9. The minimum absolute atomic E-state index is 0.479. The lowest BCUT2D eigenvalue weighted by Crippen LogP contribution is -2.32. The van der Waals surface area contributed by atoms with Crippen LogP contribution in [0.25, 0.3) is 67.3 Å². The van der Waals surface area contributed by atoms with Crippen LogP contribution in [0.5, 0.6) is 11.5 Å². The molecule has 0 bridgehead atoms. The van der Waals surface area contributed by atoms with Crippen molar-refractivity contribution in [2.45, 2.75) is 5.41 Å². The molecule has 0 saturated heterocycles. The predicted octanol–water partition coefficient (Wildman–Crippen LogP) is 13.3. The molecule has 11 rings (SSSR count). The molecule has 0 fully saturated rings. The van der Waals surface area contributed by atoms with Crippen LogP contribution < -0.4 is 4.74 Å². The Balaban J connectivity index is 1.01. The molecule has 0 saturated carbocycles. The number of ether oxygens (including phenoxy) is 1. The molecule has 2 heterocycles. The zero-order valence-corrected chi connectivity index (χ0v) is 30.4. The lowest BCUT2D eigenvalue weighted by atomic mass is 9.66. The zero-order valence-electron chi connectivity index (χ0n) is 30.4. The van der Waals surface area contributed by atoms with Crippen molar-refractivity contribution in [2.24, 2.45) is 0 Å². The van der Waals surface area contributed by atoms with Crippen molar-refractivity contribution in [2.75, 3.05) is 0 Å². The predicted molar refractivity (Wildman–Crippen MR) is 227 cm³/mol. The second-order valence-electron chi connectivity index (χ2n) is 14.5. The molecular formula is C53H34N2O. The molecular weight excluding hydrogens is 681 g/mol. The van der Waals surface area contributed by atoms with Crippen LogP contribution in [0.15, 0.2) is 206 Å². The van der Waals surface area contributed by atoms with E-state index in [2.05, 4.69) is 170 Å².